The van der Waals surface area contributed by atoms with Crippen molar-refractivity contribution in [2.24, 2.45) is 5.73 Å². The van der Waals surface area contributed by atoms with Crippen LogP contribution in [0.3, 0.4) is 0 Å². The first-order chi connectivity index (χ1) is 9.79. The maximum Gasteiger partial charge on any atom is 0.161 e. The number of fused-ring (bicyclic) bond motifs is 1. The molecule has 2 heterocycles. The van der Waals surface area contributed by atoms with Gasteiger partial charge in [-0.05, 0) is 24.1 Å². The quantitative estimate of drug-likeness (QED) is 0.896. The van der Waals surface area contributed by atoms with Gasteiger partial charge in [-0.1, -0.05) is 6.07 Å². The van der Waals surface area contributed by atoms with Gasteiger partial charge < -0.3 is 19.9 Å². The van der Waals surface area contributed by atoms with E-state index in [-0.39, 0.29) is 12.1 Å². The topological polar surface area (TPSA) is 57.0 Å². The molecule has 5 heteroatoms. The van der Waals surface area contributed by atoms with E-state index < -0.39 is 0 Å². The van der Waals surface area contributed by atoms with Gasteiger partial charge in [0.05, 0.1) is 12.6 Å². The van der Waals surface area contributed by atoms with Crippen LogP contribution in [0, 0.1) is 0 Å². The summed E-state index contributed by atoms with van der Waals surface area (Å²) >= 11 is 0. The Hall–Kier alpha value is -1.30. The van der Waals surface area contributed by atoms with Gasteiger partial charge in [0.1, 0.15) is 13.2 Å². The van der Waals surface area contributed by atoms with Crippen molar-refractivity contribution in [2.75, 3.05) is 40.0 Å². The highest BCUT2D eigenvalue weighted by atomic mass is 16.6. The van der Waals surface area contributed by atoms with Gasteiger partial charge >= 0.3 is 0 Å². The van der Waals surface area contributed by atoms with Crippen molar-refractivity contribution in [1.29, 1.82) is 0 Å². The van der Waals surface area contributed by atoms with Crippen molar-refractivity contribution in [3.63, 3.8) is 0 Å². The number of nitrogens with zero attached hydrogens (tertiary/aromatic N) is 1. The van der Waals surface area contributed by atoms with Gasteiger partial charge in [0.2, 0.25) is 0 Å². The van der Waals surface area contributed by atoms with Gasteiger partial charge in [0, 0.05) is 26.2 Å². The molecule has 2 unspecified atom stereocenters. The molecule has 0 aromatic heterocycles. The van der Waals surface area contributed by atoms with Gasteiger partial charge in [-0.2, -0.15) is 0 Å². The van der Waals surface area contributed by atoms with E-state index in [4.69, 9.17) is 19.9 Å². The van der Waals surface area contributed by atoms with Gasteiger partial charge in [-0.3, -0.25) is 4.90 Å². The van der Waals surface area contributed by atoms with Gasteiger partial charge in [0.15, 0.2) is 11.5 Å². The number of ether oxygens (including phenoxy) is 3. The Labute approximate surface area is 119 Å². The lowest BCUT2D eigenvalue weighted by Crippen LogP contribution is -2.33. The van der Waals surface area contributed by atoms with Crippen LogP contribution in [0.4, 0.5) is 0 Å². The van der Waals surface area contributed by atoms with E-state index in [1.807, 2.05) is 6.07 Å². The molecule has 0 radical (unpaired) electrons. The average molecular weight is 278 g/mol. The molecule has 0 aliphatic carbocycles. The first kappa shape index (κ1) is 13.7. The zero-order chi connectivity index (χ0) is 13.9. The highest BCUT2D eigenvalue weighted by molar-refractivity contribution is 5.45. The van der Waals surface area contributed by atoms with Crippen molar-refractivity contribution in [2.45, 2.75) is 18.5 Å². The fourth-order valence-corrected chi connectivity index (χ4v) is 3.04. The number of methoxy groups -OCH3 is 1. The highest BCUT2D eigenvalue weighted by Gasteiger charge is 2.33. The Morgan fingerprint density at radius 2 is 2.10 bits per heavy atom. The van der Waals surface area contributed by atoms with Crippen molar-refractivity contribution in [3.8, 4) is 11.5 Å². The molecule has 110 valence electrons. The van der Waals surface area contributed by atoms with Crippen molar-refractivity contribution >= 4 is 0 Å². The smallest absolute Gasteiger partial charge is 0.161 e. The van der Waals surface area contributed by atoms with Crippen LogP contribution in [-0.2, 0) is 4.74 Å². The van der Waals surface area contributed by atoms with Crippen LogP contribution in [0.1, 0.15) is 18.0 Å². The van der Waals surface area contributed by atoms with Crippen LogP contribution in [0.5, 0.6) is 11.5 Å². The zero-order valence-electron chi connectivity index (χ0n) is 11.9. The van der Waals surface area contributed by atoms with Crippen LogP contribution in [-0.4, -0.2) is 51.0 Å². The van der Waals surface area contributed by atoms with Gasteiger partial charge in [-0.25, -0.2) is 0 Å². The molecule has 5 nitrogen and oxygen atoms in total. The molecule has 2 atom stereocenters. The summed E-state index contributed by atoms with van der Waals surface area (Å²) in [6.07, 6.45) is 1.02. The largest absolute Gasteiger partial charge is 0.486 e. The third kappa shape index (κ3) is 2.61. The van der Waals surface area contributed by atoms with E-state index in [0.29, 0.717) is 13.2 Å². The molecule has 1 saturated heterocycles. The lowest BCUT2D eigenvalue weighted by molar-refractivity contribution is 0.138. The molecule has 20 heavy (non-hydrogen) atoms. The molecule has 2 aliphatic rings. The fourth-order valence-electron chi connectivity index (χ4n) is 3.04. The first-order valence-electron chi connectivity index (χ1n) is 7.17. The highest BCUT2D eigenvalue weighted by Crippen LogP contribution is 2.37. The number of nitrogens with two attached hydrogens (primary N) is 1. The summed E-state index contributed by atoms with van der Waals surface area (Å²) in [5.74, 6) is 1.66. The minimum Gasteiger partial charge on any atom is -0.486 e. The second-order valence-corrected chi connectivity index (χ2v) is 5.33. The van der Waals surface area contributed by atoms with Gasteiger partial charge in [-0.15, -0.1) is 0 Å². The van der Waals surface area contributed by atoms with Crippen molar-refractivity contribution < 1.29 is 14.2 Å². The minimum absolute atomic E-state index is 0.161. The third-order valence-corrected chi connectivity index (χ3v) is 4.04. The van der Waals surface area contributed by atoms with E-state index in [0.717, 1.165) is 37.6 Å². The predicted molar refractivity (Wildman–Crippen MR) is 76.2 cm³/mol. The lowest BCUT2D eigenvalue weighted by atomic mass is 10.00. The summed E-state index contributed by atoms with van der Waals surface area (Å²) in [4.78, 5) is 2.39. The summed E-state index contributed by atoms with van der Waals surface area (Å²) < 4.78 is 16.4. The summed E-state index contributed by atoms with van der Waals surface area (Å²) in [6, 6.07) is 6.56. The number of rotatable bonds is 4. The predicted octanol–water partition coefficient (Wildman–Crippen LogP) is 1.18. The molecule has 0 spiro atoms. The minimum atomic E-state index is 0.161. The summed E-state index contributed by atoms with van der Waals surface area (Å²) in [7, 11) is 1.73. The second-order valence-electron chi connectivity index (χ2n) is 5.33. The SMILES string of the molecule is COCCN1CCC(N)C1c1ccc2c(c1)OCCO2. The Balaban J connectivity index is 1.82. The monoisotopic (exact) mass is 278 g/mol. The van der Waals surface area contributed by atoms with Crippen LogP contribution in [0.2, 0.25) is 0 Å². The molecule has 0 saturated carbocycles. The average Bonchev–Trinajstić information content (AvgIpc) is 2.85. The number of benzene rings is 1. The Kier molecular flexibility index (Phi) is 4.10. The molecule has 0 amide bonds. The zero-order valence-corrected chi connectivity index (χ0v) is 11.9. The summed E-state index contributed by atoms with van der Waals surface area (Å²) in [6.45, 7) is 3.89. The molecule has 0 bridgehead atoms. The molecule has 1 aromatic rings. The summed E-state index contributed by atoms with van der Waals surface area (Å²) in [5.41, 5.74) is 7.50. The van der Waals surface area contributed by atoms with E-state index in [9.17, 15) is 0 Å². The number of likely N-dealkylation sites (tertiary alicyclic amines) is 1. The third-order valence-electron chi connectivity index (χ3n) is 4.04. The van der Waals surface area contributed by atoms with Crippen LogP contribution >= 0.6 is 0 Å². The fraction of sp³-hybridized carbons (Fsp3) is 0.600. The molecule has 2 N–H and O–H groups in total. The van der Waals surface area contributed by atoms with Crippen LogP contribution in [0.15, 0.2) is 18.2 Å². The van der Waals surface area contributed by atoms with Gasteiger partial charge in [0.25, 0.3) is 0 Å². The standard InChI is InChI=1S/C15H22N2O3/c1-18-7-6-17-5-4-12(16)15(17)11-2-3-13-14(10-11)20-9-8-19-13/h2-3,10,12,15H,4-9,16H2,1H3. The maximum atomic E-state index is 6.29. The first-order valence-corrected chi connectivity index (χ1v) is 7.17. The molecule has 3 rings (SSSR count). The Morgan fingerprint density at radius 1 is 1.30 bits per heavy atom. The maximum absolute atomic E-state index is 6.29. The van der Waals surface area contributed by atoms with E-state index >= 15 is 0 Å². The van der Waals surface area contributed by atoms with Crippen LogP contribution < -0.4 is 15.2 Å². The van der Waals surface area contributed by atoms with E-state index in [1.165, 1.54) is 5.56 Å². The Morgan fingerprint density at radius 3 is 2.90 bits per heavy atom. The molecular formula is C15H22N2O3. The molecule has 1 fully saturated rings. The lowest BCUT2D eigenvalue weighted by Gasteiger charge is -2.28. The van der Waals surface area contributed by atoms with E-state index in [1.54, 1.807) is 7.11 Å². The Bertz CT molecular complexity index is 466. The molecule has 1 aromatic carbocycles. The normalized spacial score (nSPS) is 25.9. The second kappa shape index (κ2) is 5.99. The van der Waals surface area contributed by atoms with E-state index in [2.05, 4.69) is 17.0 Å². The summed E-state index contributed by atoms with van der Waals surface area (Å²) in [5, 5.41) is 0. The van der Waals surface area contributed by atoms with Crippen molar-refractivity contribution in [1.82, 2.24) is 4.90 Å². The number of hydrogen-bond donors (Lipinski definition) is 1. The molecule has 2 aliphatic heterocycles. The number of hydrogen-bond acceptors (Lipinski definition) is 5. The van der Waals surface area contributed by atoms with Crippen molar-refractivity contribution in [3.05, 3.63) is 23.8 Å². The van der Waals surface area contributed by atoms with Crippen LogP contribution in [0.25, 0.3) is 0 Å². The molecular weight excluding hydrogens is 256 g/mol.